The van der Waals surface area contributed by atoms with Crippen LogP contribution >= 0.6 is 11.8 Å². The highest BCUT2D eigenvalue weighted by Gasteiger charge is 2.28. The number of ether oxygens (including phenoxy) is 1. The summed E-state index contributed by atoms with van der Waals surface area (Å²) in [6.07, 6.45) is 0.580. The Morgan fingerprint density at radius 3 is 2.84 bits per heavy atom. The van der Waals surface area contributed by atoms with Gasteiger partial charge in [-0.3, -0.25) is 4.79 Å². The molecule has 0 saturated heterocycles. The van der Waals surface area contributed by atoms with E-state index in [1.165, 1.54) is 18.1 Å². The normalized spacial score (nSPS) is 15.5. The lowest BCUT2D eigenvalue weighted by Crippen LogP contribution is -2.31. The van der Waals surface area contributed by atoms with Crippen molar-refractivity contribution >= 4 is 23.6 Å². The standard InChI is InChI=1S/C19H19NO4S/c1-24-16-10-13(19(22)23)7-6-12(16)8-9-20-18(21)15-11-25-17-5-3-2-4-14(15)17/h2-7,10,15H,8-9,11H2,1H3,(H,20,21)(H,22,23). The summed E-state index contributed by atoms with van der Waals surface area (Å²) in [5.41, 5.74) is 2.15. The highest BCUT2D eigenvalue weighted by Crippen LogP contribution is 2.39. The van der Waals surface area contributed by atoms with Crippen molar-refractivity contribution in [1.82, 2.24) is 5.32 Å². The Balaban J connectivity index is 1.60. The van der Waals surface area contributed by atoms with E-state index in [2.05, 4.69) is 5.32 Å². The Morgan fingerprint density at radius 1 is 1.28 bits per heavy atom. The van der Waals surface area contributed by atoms with Gasteiger partial charge >= 0.3 is 5.97 Å². The van der Waals surface area contributed by atoms with Crippen LogP contribution in [0.25, 0.3) is 0 Å². The molecule has 0 spiro atoms. The Kier molecular flexibility index (Phi) is 5.28. The fourth-order valence-electron chi connectivity index (χ4n) is 2.91. The van der Waals surface area contributed by atoms with Crippen molar-refractivity contribution in [2.24, 2.45) is 0 Å². The number of carboxylic acid groups (broad SMARTS) is 1. The second-order valence-corrected chi connectivity index (χ2v) is 6.84. The van der Waals surface area contributed by atoms with Crippen molar-refractivity contribution in [2.75, 3.05) is 19.4 Å². The minimum absolute atomic E-state index is 0.0265. The zero-order chi connectivity index (χ0) is 17.8. The number of benzene rings is 2. The van der Waals surface area contributed by atoms with Crippen LogP contribution in [0.4, 0.5) is 0 Å². The molecule has 0 fully saturated rings. The van der Waals surface area contributed by atoms with Gasteiger partial charge in [0.2, 0.25) is 5.91 Å². The van der Waals surface area contributed by atoms with Crippen LogP contribution in [-0.2, 0) is 11.2 Å². The number of amides is 1. The van der Waals surface area contributed by atoms with E-state index in [1.54, 1.807) is 23.9 Å². The second-order valence-electron chi connectivity index (χ2n) is 5.77. The Hall–Kier alpha value is -2.47. The van der Waals surface area contributed by atoms with Gasteiger partial charge in [0.05, 0.1) is 18.6 Å². The molecule has 1 aliphatic rings. The Bertz CT molecular complexity index is 806. The third-order valence-corrected chi connectivity index (χ3v) is 5.43. The summed E-state index contributed by atoms with van der Waals surface area (Å²) in [6.45, 7) is 0.477. The molecule has 1 aliphatic heterocycles. The lowest BCUT2D eigenvalue weighted by Gasteiger charge is -2.13. The van der Waals surface area contributed by atoms with E-state index in [4.69, 9.17) is 9.84 Å². The minimum Gasteiger partial charge on any atom is -0.496 e. The van der Waals surface area contributed by atoms with Crippen molar-refractivity contribution < 1.29 is 19.4 Å². The highest BCUT2D eigenvalue weighted by atomic mass is 32.2. The summed E-state index contributed by atoms with van der Waals surface area (Å²) < 4.78 is 5.26. The van der Waals surface area contributed by atoms with Gasteiger partial charge in [0.15, 0.2) is 0 Å². The molecule has 1 atom stereocenters. The van der Waals surface area contributed by atoms with Crippen molar-refractivity contribution in [2.45, 2.75) is 17.2 Å². The van der Waals surface area contributed by atoms with Crippen molar-refractivity contribution in [3.63, 3.8) is 0 Å². The summed E-state index contributed by atoms with van der Waals surface area (Å²) in [6, 6.07) is 12.8. The van der Waals surface area contributed by atoms with E-state index >= 15 is 0 Å². The second kappa shape index (κ2) is 7.61. The quantitative estimate of drug-likeness (QED) is 0.831. The number of thioether (sulfide) groups is 1. The Morgan fingerprint density at radius 2 is 2.08 bits per heavy atom. The predicted octanol–water partition coefficient (Wildman–Crippen LogP) is 2.94. The zero-order valence-electron chi connectivity index (χ0n) is 13.8. The largest absolute Gasteiger partial charge is 0.496 e. The molecule has 0 saturated carbocycles. The van der Waals surface area contributed by atoms with E-state index in [0.717, 1.165) is 16.9 Å². The molecule has 0 radical (unpaired) electrons. The average Bonchev–Trinajstić information content (AvgIpc) is 3.05. The number of aromatic carboxylic acids is 1. The van der Waals surface area contributed by atoms with Crippen LogP contribution in [0.1, 0.15) is 27.4 Å². The summed E-state index contributed by atoms with van der Waals surface area (Å²) in [4.78, 5) is 24.7. The van der Waals surface area contributed by atoms with Crippen LogP contribution < -0.4 is 10.1 Å². The maximum absolute atomic E-state index is 12.5. The minimum atomic E-state index is -0.990. The number of rotatable bonds is 6. The van der Waals surface area contributed by atoms with Gasteiger partial charge in [-0.05, 0) is 35.7 Å². The number of methoxy groups -OCH3 is 1. The monoisotopic (exact) mass is 357 g/mol. The molecule has 25 heavy (non-hydrogen) atoms. The molecule has 0 aromatic heterocycles. The summed E-state index contributed by atoms with van der Waals surface area (Å²) in [7, 11) is 1.51. The number of fused-ring (bicyclic) bond motifs is 1. The van der Waals surface area contributed by atoms with Gasteiger partial charge in [0.25, 0.3) is 0 Å². The summed E-state index contributed by atoms with van der Waals surface area (Å²) in [5, 5.41) is 12.0. The fourth-order valence-corrected chi connectivity index (χ4v) is 4.14. The smallest absolute Gasteiger partial charge is 0.335 e. The number of carbonyl (C=O) groups excluding carboxylic acids is 1. The van der Waals surface area contributed by atoms with E-state index in [1.807, 2.05) is 24.3 Å². The van der Waals surface area contributed by atoms with Gasteiger partial charge in [-0.15, -0.1) is 11.8 Å². The summed E-state index contributed by atoms with van der Waals surface area (Å²) >= 11 is 1.71. The molecule has 3 rings (SSSR count). The molecule has 2 aromatic carbocycles. The molecule has 1 heterocycles. The first-order valence-electron chi connectivity index (χ1n) is 8.00. The third-order valence-electron chi connectivity index (χ3n) is 4.24. The van der Waals surface area contributed by atoms with E-state index in [-0.39, 0.29) is 17.4 Å². The third kappa shape index (κ3) is 3.79. The first kappa shape index (κ1) is 17.4. The average molecular weight is 357 g/mol. The molecular weight excluding hydrogens is 338 g/mol. The molecule has 5 nitrogen and oxygen atoms in total. The van der Waals surface area contributed by atoms with Crippen molar-refractivity contribution in [1.29, 1.82) is 0 Å². The SMILES string of the molecule is COc1cc(C(=O)O)ccc1CCNC(=O)C1CSc2ccccc21. The van der Waals surface area contributed by atoms with Gasteiger partial charge in [-0.2, -0.15) is 0 Å². The highest BCUT2D eigenvalue weighted by molar-refractivity contribution is 7.99. The molecule has 2 aromatic rings. The molecule has 0 bridgehead atoms. The van der Waals surface area contributed by atoms with E-state index in [0.29, 0.717) is 18.7 Å². The first-order chi connectivity index (χ1) is 12.1. The maximum atomic E-state index is 12.5. The fraction of sp³-hybridized carbons (Fsp3) is 0.263. The van der Waals surface area contributed by atoms with Crippen LogP contribution in [0.5, 0.6) is 5.75 Å². The topological polar surface area (TPSA) is 75.6 Å². The number of carbonyl (C=O) groups is 2. The van der Waals surface area contributed by atoms with Crippen LogP contribution in [0.3, 0.4) is 0 Å². The number of nitrogens with one attached hydrogen (secondary N) is 1. The summed E-state index contributed by atoms with van der Waals surface area (Å²) in [5.74, 6) is 0.212. The number of hydrogen-bond donors (Lipinski definition) is 2. The van der Waals surface area contributed by atoms with Crippen molar-refractivity contribution in [3.05, 3.63) is 59.2 Å². The van der Waals surface area contributed by atoms with Crippen LogP contribution in [0, 0.1) is 0 Å². The van der Waals surface area contributed by atoms with Gasteiger partial charge in [-0.25, -0.2) is 4.79 Å². The van der Waals surface area contributed by atoms with Gasteiger partial charge in [0.1, 0.15) is 5.75 Å². The molecule has 6 heteroatoms. The van der Waals surface area contributed by atoms with E-state index < -0.39 is 5.97 Å². The van der Waals surface area contributed by atoms with Gasteiger partial charge in [0, 0.05) is 17.2 Å². The predicted molar refractivity (Wildman–Crippen MR) is 96.6 cm³/mol. The first-order valence-corrected chi connectivity index (χ1v) is 8.98. The number of carboxylic acids is 1. The molecule has 0 aliphatic carbocycles. The van der Waals surface area contributed by atoms with Crippen molar-refractivity contribution in [3.8, 4) is 5.75 Å². The van der Waals surface area contributed by atoms with E-state index in [9.17, 15) is 9.59 Å². The van der Waals surface area contributed by atoms with Crippen LogP contribution in [0.2, 0.25) is 0 Å². The lowest BCUT2D eigenvalue weighted by atomic mass is 10.0. The number of hydrogen-bond acceptors (Lipinski definition) is 4. The van der Waals surface area contributed by atoms with Crippen LogP contribution in [0.15, 0.2) is 47.4 Å². The molecule has 2 N–H and O–H groups in total. The van der Waals surface area contributed by atoms with Gasteiger partial charge in [-0.1, -0.05) is 24.3 Å². The lowest BCUT2D eigenvalue weighted by molar-refractivity contribution is -0.122. The maximum Gasteiger partial charge on any atom is 0.335 e. The molecular formula is C19H19NO4S. The zero-order valence-corrected chi connectivity index (χ0v) is 14.6. The molecule has 1 unspecified atom stereocenters. The van der Waals surface area contributed by atoms with Crippen LogP contribution in [-0.4, -0.2) is 36.4 Å². The molecule has 130 valence electrons. The molecule has 1 amide bonds. The Labute approximate surface area is 150 Å². The van der Waals surface area contributed by atoms with Gasteiger partial charge < -0.3 is 15.2 Å².